The zero-order chi connectivity index (χ0) is 15.2. The lowest BCUT2D eigenvalue weighted by molar-refractivity contribution is 0.415. The molecule has 2 rings (SSSR count). The van der Waals surface area contributed by atoms with E-state index >= 15 is 0 Å². The van der Waals surface area contributed by atoms with Gasteiger partial charge in [0.05, 0.1) is 19.0 Å². The normalized spacial score (nSPS) is 11.0. The Morgan fingerprint density at radius 1 is 1.33 bits per heavy atom. The first-order valence-electron chi connectivity index (χ1n) is 6.63. The topological polar surface area (TPSA) is 79.4 Å². The summed E-state index contributed by atoms with van der Waals surface area (Å²) in [6.45, 7) is 3.96. The van der Waals surface area contributed by atoms with Crippen LogP contribution in [0.5, 0.6) is 5.75 Å². The van der Waals surface area contributed by atoms with Gasteiger partial charge in [-0.2, -0.15) is 5.10 Å². The molecule has 0 fully saturated rings. The first kappa shape index (κ1) is 14.8. The number of hydrogen-bond acceptors (Lipinski definition) is 5. The van der Waals surface area contributed by atoms with Crippen LogP contribution in [-0.2, 0) is 0 Å². The van der Waals surface area contributed by atoms with Crippen LogP contribution in [0.15, 0.2) is 40.2 Å². The van der Waals surface area contributed by atoms with E-state index in [2.05, 4.69) is 20.5 Å². The Bertz CT molecular complexity index is 675. The van der Waals surface area contributed by atoms with Gasteiger partial charge in [0.1, 0.15) is 5.75 Å². The summed E-state index contributed by atoms with van der Waals surface area (Å²) >= 11 is 0. The molecule has 0 radical (unpaired) electrons. The number of aromatic amines is 1. The highest BCUT2D eigenvalue weighted by Crippen LogP contribution is 2.11. The quantitative estimate of drug-likeness (QED) is 0.653. The molecule has 0 aliphatic carbocycles. The fourth-order valence-electron chi connectivity index (χ4n) is 1.68. The maximum atomic E-state index is 11.5. The SMILES string of the molecule is COc1ccc(/C=N\Nc2nc(C(C)C)cc(=O)[nH]2)cc1. The van der Waals surface area contributed by atoms with Crippen molar-refractivity contribution in [3.8, 4) is 5.75 Å². The van der Waals surface area contributed by atoms with E-state index in [0.29, 0.717) is 5.95 Å². The molecule has 0 unspecified atom stereocenters. The summed E-state index contributed by atoms with van der Waals surface area (Å²) in [5.74, 6) is 1.30. The van der Waals surface area contributed by atoms with Gasteiger partial charge in [0, 0.05) is 6.07 Å². The summed E-state index contributed by atoms with van der Waals surface area (Å²) < 4.78 is 5.08. The summed E-state index contributed by atoms with van der Waals surface area (Å²) in [6, 6.07) is 8.94. The molecular formula is C15H18N4O2. The maximum absolute atomic E-state index is 11.5. The summed E-state index contributed by atoms with van der Waals surface area (Å²) in [4.78, 5) is 18.4. The van der Waals surface area contributed by atoms with Gasteiger partial charge in [0.15, 0.2) is 0 Å². The van der Waals surface area contributed by atoms with Gasteiger partial charge in [-0.05, 0) is 35.7 Å². The second-order valence-electron chi connectivity index (χ2n) is 4.82. The number of hydrazone groups is 1. The molecule has 0 amide bonds. The Morgan fingerprint density at radius 2 is 2.05 bits per heavy atom. The molecule has 6 heteroatoms. The molecule has 0 atom stereocenters. The van der Waals surface area contributed by atoms with E-state index in [1.807, 2.05) is 38.1 Å². The van der Waals surface area contributed by atoms with Gasteiger partial charge >= 0.3 is 0 Å². The second-order valence-corrected chi connectivity index (χ2v) is 4.82. The van der Waals surface area contributed by atoms with Crippen LogP contribution in [0, 0.1) is 0 Å². The average molecular weight is 286 g/mol. The molecule has 1 aromatic carbocycles. The van der Waals surface area contributed by atoms with Crippen LogP contribution in [0.2, 0.25) is 0 Å². The van der Waals surface area contributed by atoms with Gasteiger partial charge in [0.25, 0.3) is 5.56 Å². The minimum Gasteiger partial charge on any atom is -0.497 e. The van der Waals surface area contributed by atoms with Gasteiger partial charge in [-0.15, -0.1) is 0 Å². The molecule has 1 aromatic heterocycles. The minimum absolute atomic E-state index is 0.179. The third-order valence-electron chi connectivity index (χ3n) is 2.85. The van der Waals surface area contributed by atoms with Crippen molar-refractivity contribution in [1.82, 2.24) is 9.97 Å². The Balaban J connectivity index is 2.08. The zero-order valence-corrected chi connectivity index (χ0v) is 12.3. The van der Waals surface area contributed by atoms with Crippen molar-refractivity contribution in [1.29, 1.82) is 0 Å². The predicted molar refractivity (Wildman–Crippen MR) is 83.2 cm³/mol. The van der Waals surface area contributed by atoms with E-state index in [9.17, 15) is 4.79 Å². The number of H-pyrrole nitrogens is 1. The molecule has 1 heterocycles. The van der Waals surface area contributed by atoms with Gasteiger partial charge < -0.3 is 4.74 Å². The summed E-state index contributed by atoms with van der Waals surface area (Å²) in [5.41, 5.74) is 4.16. The van der Waals surface area contributed by atoms with E-state index in [0.717, 1.165) is 17.0 Å². The molecule has 6 nitrogen and oxygen atoms in total. The zero-order valence-electron chi connectivity index (χ0n) is 12.3. The minimum atomic E-state index is -0.198. The predicted octanol–water partition coefficient (Wildman–Crippen LogP) is 2.35. The van der Waals surface area contributed by atoms with Gasteiger partial charge in [-0.1, -0.05) is 13.8 Å². The van der Waals surface area contributed by atoms with E-state index in [1.54, 1.807) is 13.3 Å². The van der Waals surface area contributed by atoms with Crippen molar-refractivity contribution in [2.75, 3.05) is 12.5 Å². The fraction of sp³-hybridized carbons (Fsp3) is 0.267. The number of aromatic nitrogens is 2. The van der Waals surface area contributed by atoms with Crippen molar-refractivity contribution in [2.45, 2.75) is 19.8 Å². The number of ether oxygens (including phenoxy) is 1. The monoisotopic (exact) mass is 286 g/mol. The van der Waals surface area contributed by atoms with E-state index in [1.165, 1.54) is 6.07 Å². The molecule has 21 heavy (non-hydrogen) atoms. The smallest absolute Gasteiger partial charge is 0.252 e. The van der Waals surface area contributed by atoms with Crippen LogP contribution in [0.1, 0.15) is 31.0 Å². The molecule has 0 aliphatic heterocycles. The first-order chi connectivity index (χ1) is 10.1. The highest BCUT2D eigenvalue weighted by molar-refractivity contribution is 5.80. The van der Waals surface area contributed by atoms with Crippen molar-refractivity contribution < 1.29 is 4.74 Å². The van der Waals surface area contributed by atoms with Crippen LogP contribution in [0.25, 0.3) is 0 Å². The molecule has 0 spiro atoms. The fourth-order valence-corrected chi connectivity index (χ4v) is 1.68. The number of nitrogens with zero attached hydrogens (tertiary/aromatic N) is 2. The van der Waals surface area contributed by atoms with Crippen LogP contribution < -0.4 is 15.7 Å². The van der Waals surface area contributed by atoms with Crippen LogP contribution in [0.4, 0.5) is 5.95 Å². The summed E-state index contributed by atoms with van der Waals surface area (Å²) in [5, 5.41) is 4.06. The highest BCUT2D eigenvalue weighted by Gasteiger charge is 2.04. The second kappa shape index (κ2) is 6.69. The van der Waals surface area contributed by atoms with Crippen molar-refractivity contribution in [3.63, 3.8) is 0 Å². The lowest BCUT2D eigenvalue weighted by Crippen LogP contribution is -2.12. The summed E-state index contributed by atoms with van der Waals surface area (Å²) in [7, 11) is 1.62. The molecule has 0 bridgehead atoms. The number of methoxy groups -OCH3 is 1. The van der Waals surface area contributed by atoms with Gasteiger partial charge in [-0.3, -0.25) is 9.78 Å². The largest absolute Gasteiger partial charge is 0.497 e. The van der Waals surface area contributed by atoms with Crippen LogP contribution >= 0.6 is 0 Å². The average Bonchev–Trinajstić information content (AvgIpc) is 2.47. The van der Waals surface area contributed by atoms with E-state index in [-0.39, 0.29) is 11.5 Å². The Labute approximate surface area is 122 Å². The van der Waals surface area contributed by atoms with E-state index < -0.39 is 0 Å². The number of hydrogen-bond donors (Lipinski definition) is 2. The number of benzene rings is 1. The van der Waals surface area contributed by atoms with E-state index in [4.69, 9.17) is 4.74 Å². The van der Waals surface area contributed by atoms with Crippen LogP contribution in [-0.4, -0.2) is 23.3 Å². The van der Waals surface area contributed by atoms with Crippen molar-refractivity contribution in [2.24, 2.45) is 5.10 Å². The van der Waals surface area contributed by atoms with Gasteiger partial charge in [-0.25, -0.2) is 10.4 Å². The van der Waals surface area contributed by atoms with Crippen molar-refractivity contribution >= 4 is 12.2 Å². The standard InChI is InChI=1S/C15H18N4O2/c1-10(2)13-8-14(20)18-15(17-13)19-16-9-11-4-6-12(21-3)7-5-11/h4-10H,1-3H3,(H2,17,18,19,20)/b16-9-. The molecular weight excluding hydrogens is 268 g/mol. The molecule has 0 saturated carbocycles. The molecule has 2 N–H and O–H groups in total. The summed E-state index contributed by atoms with van der Waals surface area (Å²) in [6.07, 6.45) is 1.64. The molecule has 0 aliphatic rings. The Hall–Kier alpha value is -2.63. The maximum Gasteiger partial charge on any atom is 0.252 e. The molecule has 0 saturated heterocycles. The van der Waals surface area contributed by atoms with Crippen molar-refractivity contribution in [3.05, 3.63) is 51.9 Å². The lowest BCUT2D eigenvalue weighted by atomic mass is 10.1. The van der Waals surface area contributed by atoms with Gasteiger partial charge in [0.2, 0.25) is 5.95 Å². The highest BCUT2D eigenvalue weighted by atomic mass is 16.5. The third-order valence-corrected chi connectivity index (χ3v) is 2.85. The first-order valence-corrected chi connectivity index (χ1v) is 6.63. The number of anilines is 1. The third kappa shape index (κ3) is 4.17. The number of rotatable bonds is 5. The Kier molecular flexibility index (Phi) is 4.71. The lowest BCUT2D eigenvalue weighted by Gasteiger charge is -2.05. The number of nitrogens with one attached hydrogen (secondary N) is 2. The molecule has 2 aromatic rings. The molecule has 110 valence electrons. The van der Waals surface area contributed by atoms with Crippen LogP contribution in [0.3, 0.4) is 0 Å². The Morgan fingerprint density at radius 3 is 2.67 bits per heavy atom.